The van der Waals surface area contributed by atoms with E-state index in [2.05, 4.69) is 6.92 Å². The van der Waals surface area contributed by atoms with E-state index in [0.29, 0.717) is 26.2 Å². The predicted octanol–water partition coefficient (Wildman–Crippen LogP) is 4.66. The third-order valence-corrected chi connectivity index (χ3v) is 7.00. The molecule has 0 aliphatic heterocycles. The number of unbranched alkanes of at least 4 members (excludes halogenated alkanes) is 4. The predicted molar refractivity (Wildman–Crippen MR) is 91.3 cm³/mol. The Balaban J connectivity index is 4.76. The first-order valence-corrected chi connectivity index (χ1v) is 10.8. The van der Waals surface area contributed by atoms with Gasteiger partial charge in [0.2, 0.25) is 6.49 Å². The lowest BCUT2D eigenvalue weighted by Gasteiger charge is -2.28. The highest BCUT2D eigenvalue weighted by atomic mass is 32.5. The van der Waals surface area contributed by atoms with Crippen LogP contribution < -0.4 is 0 Å². The Kier molecular flexibility index (Phi) is 12.6. The zero-order chi connectivity index (χ0) is 16.1. The van der Waals surface area contributed by atoms with Crippen LogP contribution >= 0.6 is 6.49 Å². The minimum Gasteiger partial charge on any atom is -0.465 e. The maximum Gasteiger partial charge on any atom is 0.318 e. The van der Waals surface area contributed by atoms with E-state index >= 15 is 0 Å². The summed E-state index contributed by atoms with van der Waals surface area (Å²) in [6.45, 7) is 6.42. The van der Waals surface area contributed by atoms with Crippen LogP contribution in [0.3, 0.4) is 0 Å². The van der Waals surface area contributed by atoms with Crippen molar-refractivity contribution in [2.45, 2.75) is 71.9 Å². The van der Waals surface area contributed by atoms with Crippen LogP contribution in [0.4, 0.5) is 0 Å². The standard InChI is InChI=1S/C15H31O4PS/c1-5-9-10-11-12-13-14(15(16)17-6-2)20(21,18-7-3)19-8-4/h14H,5-13H2,1-4H3. The largest absolute Gasteiger partial charge is 0.465 e. The van der Waals surface area contributed by atoms with Crippen molar-refractivity contribution in [1.29, 1.82) is 0 Å². The minimum atomic E-state index is -2.61. The van der Waals surface area contributed by atoms with Crippen LogP contribution in [0.25, 0.3) is 0 Å². The van der Waals surface area contributed by atoms with E-state index < -0.39 is 12.2 Å². The molecule has 0 saturated heterocycles. The third-order valence-electron chi connectivity index (χ3n) is 3.14. The van der Waals surface area contributed by atoms with Gasteiger partial charge in [-0.3, -0.25) is 4.79 Å². The lowest BCUT2D eigenvalue weighted by molar-refractivity contribution is -0.143. The van der Waals surface area contributed by atoms with E-state index in [4.69, 9.17) is 25.6 Å². The first-order valence-electron chi connectivity index (χ1n) is 8.11. The lowest BCUT2D eigenvalue weighted by Crippen LogP contribution is -2.26. The summed E-state index contributed by atoms with van der Waals surface area (Å²) in [5, 5.41) is 0. The molecule has 0 aliphatic rings. The molecule has 0 N–H and O–H groups in total. The Bertz CT molecular complexity index is 313. The van der Waals surface area contributed by atoms with Crippen molar-refractivity contribution in [2.75, 3.05) is 19.8 Å². The second-order valence-corrected chi connectivity index (χ2v) is 8.59. The Morgan fingerprint density at radius 3 is 2.00 bits per heavy atom. The number of esters is 1. The quantitative estimate of drug-likeness (QED) is 0.278. The number of rotatable bonds is 13. The average Bonchev–Trinajstić information content (AvgIpc) is 2.43. The first kappa shape index (κ1) is 21.0. The Labute approximate surface area is 135 Å². The summed E-state index contributed by atoms with van der Waals surface area (Å²) in [7, 11) is 0. The monoisotopic (exact) mass is 338 g/mol. The summed E-state index contributed by atoms with van der Waals surface area (Å²) in [6.07, 6.45) is 6.39. The molecule has 0 radical (unpaired) electrons. The molecule has 0 bridgehead atoms. The molecule has 0 fully saturated rings. The van der Waals surface area contributed by atoms with Crippen LogP contribution in [-0.4, -0.2) is 31.4 Å². The van der Waals surface area contributed by atoms with E-state index in [0.717, 1.165) is 12.8 Å². The van der Waals surface area contributed by atoms with Gasteiger partial charge in [0.15, 0.2) is 0 Å². The highest BCUT2D eigenvalue weighted by Gasteiger charge is 2.37. The van der Waals surface area contributed by atoms with E-state index in [9.17, 15) is 4.79 Å². The number of carbonyl (C=O) groups excluding carboxylic acids is 1. The van der Waals surface area contributed by atoms with Gasteiger partial charge in [0, 0.05) is 0 Å². The summed E-state index contributed by atoms with van der Waals surface area (Å²) in [4.78, 5) is 12.2. The van der Waals surface area contributed by atoms with Gasteiger partial charge >= 0.3 is 5.97 Å². The van der Waals surface area contributed by atoms with Gasteiger partial charge in [0.25, 0.3) is 0 Å². The summed E-state index contributed by atoms with van der Waals surface area (Å²) < 4.78 is 16.5. The molecular formula is C15H31O4PS. The highest BCUT2D eigenvalue weighted by molar-refractivity contribution is 8.10. The maximum absolute atomic E-state index is 12.2. The molecule has 21 heavy (non-hydrogen) atoms. The van der Waals surface area contributed by atoms with Crippen molar-refractivity contribution in [1.82, 2.24) is 0 Å². The number of hydrogen-bond donors (Lipinski definition) is 0. The third kappa shape index (κ3) is 8.29. The molecule has 0 amide bonds. The first-order chi connectivity index (χ1) is 10.1. The van der Waals surface area contributed by atoms with E-state index in [1.54, 1.807) is 6.92 Å². The summed E-state index contributed by atoms with van der Waals surface area (Å²) in [5.74, 6) is -0.266. The lowest BCUT2D eigenvalue weighted by atomic mass is 10.1. The zero-order valence-corrected chi connectivity index (χ0v) is 15.6. The molecule has 126 valence electrons. The van der Waals surface area contributed by atoms with Crippen LogP contribution in [-0.2, 0) is 30.4 Å². The van der Waals surface area contributed by atoms with Crippen LogP contribution in [0.15, 0.2) is 0 Å². The second-order valence-electron chi connectivity index (χ2n) is 4.85. The average molecular weight is 338 g/mol. The van der Waals surface area contributed by atoms with Crippen LogP contribution in [0, 0.1) is 0 Å². The molecule has 1 unspecified atom stereocenters. The fourth-order valence-electron chi connectivity index (χ4n) is 2.16. The van der Waals surface area contributed by atoms with Crippen molar-refractivity contribution in [3.05, 3.63) is 0 Å². The number of hydrogen-bond acceptors (Lipinski definition) is 5. The van der Waals surface area contributed by atoms with E-state index in [1.807, 2.05) is 13.8 Å². The maximum atomic E-state index is 12.2. The highest BCUT2D eigenvalue weighted by Crippen LogP contribution is 2.55. The molecule has 0 aromatic heterocycles. The van der Waals surface area contributed by atoms with Gasteiger partial charge in [-0.2, -0.15) is 0 Å². The van der Waals surface area contributed by atoms with Gasteiger partial charge in [-0.05, 0) is 39.0 Å². The Morgan fingerprint density at radius 1 is 0.952 bits per heavy atom. The number of ether oxygens (including phenoxy) is 1. The van der Waals surface area contributed by atoms with E-state index in [-0.39, 0.29) is 5.97 Å². The molecule has 0 spiro atoms. The van der Waals surface area contributed by atoms with Gasteiger partial charge in [-0.1, -0.05) is 39.0 Å². The molecule has 6 heteroatoms. The molecule has 0 aromatic rings. The Hall–Kier alpha value is 0.0400. The van der Waals surface area contributed by atoms with Crippen LogP contribution in [0.5, 0.6) is 0 Å². The van der Waals surface area contributed by atoms with Crippen molar-refractivity contribution in [3.63, 3.8) is 0 Å². The summed E-state index contributed by atoms with van der Waals surface area (Å²) >= 11 is 5.58. The van der Waals surface area contributed by atoms with Crippen molar-refractivity contribution in [3.8, 4) is 0 Å². The van der Waals surface area contributed by atoms with Crippen molar-refractivity contribution >= 4 is 24.3 Å². The molecule has 0 aromatic carbocycles. The molecule has 0 aliphatic carbocycles. The smallest absolute Gasteiger partial charge is 0.318 e. The van der Waals surface area contributed by atoms with Crippen LogP contribution in [0.2, 0.25) is 0 Å². The van der Waals surface area contributed by atoms with Crippen molar-refractivity contribution < 1.29 is 18.6 Å². The fourth-order valence-corrected chi connectivity index (χ4v) is 5.35. The molecule has 0 heterocycles. The van der Waals surface area contributed by atoms with Gasteiger partial charge < -0.3 is 13.8 Å². The fraction of sp³-hybridized carbons (Fsp3) is 0.933. The molecular weight excluding hydrogens is 307 g/mol. The van der Waals surface area contributed by atoms with E-state index in [1.165, 1.54) is 19.3 Å². The molecule has 0 saturated carbocycles. The van der Waals surface area contributed by atoms with Gasteiger partial charge in [0.1, 0.15) is 5.66 Å². The second kappa shape index (κ2) is 12.6. The number of carbonyl (C=O) groups is 1. The topological polar surface area (TPSA) is 44.8 Å². The Morgan fingerprint density at radius 2 is 1.52 bits per heavy atom. The minimum absolute atomic E-state index is 0.266. The normalized spacial score (nSPS) is 13.1. The summed E-state index contributed by atoms with van der Waals surface area (Å²) in [5.41, 5.74) is -0.436. The molecule has 4 nitrogen and oxygen atoms in total. The SMILES string of the molecule is CCCCCCCC(C(=O)OCC)P(=S)(OCC)OCC. The van der Waals surface area contributed by atoms with Gasteiger partial charge in [-0.25, -0.2) is 0 Å². The molecule has 0 rings (SSSR count). The van der Waals surface area contributed by atoms with Gasteiger partial charge in [-0.15, -0.1) is 0 Å². The van der Waals surface area contributed by atoms with Crippen LogP contribution in [0.1, 0.15) is 66.2 Å². The zero-order valence-electron chi connectivity index (χ0n) is 13.9. The van der Waals surface area contributed by atoms with Crippen molar-refractivity contribution in [2.24, 2.45) is 0 Å². The molecule has 1 atom stereocenters. The summed E-state index contributed by atoms with van der Waals surface area (Å²) in [6, 6.07) is 0. The van der Waals surface area contributed by atoms with Gasteiger partial charge in [0.05, 0.1) is 19.8 Å².